The second kappa shape index (κ2) is 4.39. The molecule has 1 aliphatic heterocycles. The third kappa shape index (κ3) is 2.17. The zero-order chi connectivity index (χ0) is 11.7. The van der Waals surface area contributed by atoms with Gasteiger partial charge in [-0.2, -0.15) is 0 Å². The van der Waals surface area contributed by atoms with Gasteiger partial charge in [-0.05, 0) is 6.42 Å². The summed E-state index contributed by atoms with van der Waals surface area (Å²) in [4.78, 5) is 22.0. The fraction of sp³-hybridized carbons (Fsp3) is 0.800. The summed E-state index contributed by atoms with van der Waals surface area (Å²) in [6.07, 6.45) is 0.343. The molecule has 6 nitrogen and oxygen atoms in total. The van der Waals surface area contributed by atoms with E-state index in [2.05, 4.69) is 10.6 Å². The van der Waals surface area contributed by atoms with Gasteiger partial charge in [-0.15, -0.1) is 0 Å². The van der Waals surface area contributed by atoms with E-state index in [0.29, 0.717) is 6.42 Å². The van der Waals surface area contributed by atoms with E-state index in [-0.39, 0.29) is 42.9 Å². The molecule has 2 aliphatic rings. The number of hydrogen-bond donors (Lipinski definition) is 2. The van der Waals surface area contributed by atoms with Gasteiger partial charge in [0.15, 0.2) is 0 Å². The predicted molar refractivity (Wildman–Crippen MR) is 54.4 cm³/mol. The normalized spacial score (nSPS) is 36.9. The standard InChI is InChI=1S/C10H16N2O4/c1-5(13)11-7-3-8(12-6(2)14)10-9(7)15-4-16-10/h7-10H,3-4H2,1-2H3,(H,11,13)(H,12,14). The number of carbonyl (C=O) groups excluding carboxylic acids is 2. The number of fused-ring (bicyclic) bond motifs is 1. The molecule has 6 heteroatoms. The van der Waals surface area contributed by atoms with Crippen molar-refractivity contribution < 1.29 is 19.1 Å². The van der Waals surface area contributed by atoms with Gasteiger partial charge in [0.2, 0.25) is 11.8 Å². The Morgan fingerprint density at radius 2 is 1.44 bits per heavy atom. The van der Waals surface area contributed by atoms with Crippen LogP contribution in [0.5, 0.6) is 0 Å². The lowest BCUT2D eigenvalue weighted by Crippen LogP contribution is -2.42. The van der Waals surface area contributed by atoms with Crippen LogP contribution < -0.4 is 10.6 Å². The van der Waals surface area contributed by atoms with E-state index < -0.39 is 0 Å². The minimum Gasteiger partial charge on any atom is -0.351 e. The smallest absolute Gasteiger partial charge is 0.217 e. The van der Waals surface area contributed by atoms with Crippen LogP contribution in [0.2, 0.25) is 0 Å². The maximum atomic E-state index is 11.0. The van der Waals surface area contributed by atoms with Gasteiger partial charge in [0.25, 0.3) is 0 Å². The maximum Gasteiger partial charge on any atom is 0.217 e. The van der Waals surface area contributed by atoms with Crippen LogP contribution in [0.4, 0.5) is 0 Å². The summed E-state index contributed by atoms with van der Waals surface area (Å²) in [5.41, 5.74) is 0. The molecule has 0 aromatic heterocycles. The molecule has 16 heavy (non-hydrogen) atoms. The van der Waals surface area contributed by atoms with Crippen LogP contribution in [0.3, 0.4) is 0 Å². The summed E-state index contributed by atoms with van der Waals surface area (Å²) in [6.45, 7) is 3.16. The first-order chi connectivity index (χ1) is 7.58. The third-order valence-corrected chi connectivity index (χ3v) is 2.92. The summed E-state index contributed by atoms with van der Waals surface area (Å²) in [7, 11) is 0. The topological polar surface area (TPSA) is 76.7 Å². The van der Waals surface area contributed by atoms with E-state index >= 15 is 0 Å². The van der Waals surface area contributed by atoms with Gasteiger partial charge in [-0.3, -0.25) is 9.59 Å². The van der Waals surface area contributed by atoms with Crippen molar-refractivity contribution >= 4 is 11.8 Å². The Morgan fingerprint density at radius 1 is 1.00 bits per heavy atom. The molecule has 1 heterocycles. The van der Waals surface area contributed by atoms with Crippen molar-refractivity contribution in [2.75, 3.05) is 6.79 Å². The Morgan fingerprint density at radius 3 is 1.81 bits per heavy atom. The molecule has 2 amide bonds. The van der Waals surface area contributed by atoms with Crippen LogP contribution >= 0.6 is 0 Å². The molecule has 0 aromatic rings. The lowest BCUT2D eigenvalue weighted by atomic mass is 10.2. The number of nitrogens with one attached hydrogen (secondary N) is 2. The van der Waals surface area contributed by atoms with E-state index in [0.717, 1.165) is 0 Å². The maximum absolute atomic E-state index is 11.0. The van der Waals surface area contributed by atoms with E-state index in [9.17, 15) is 9.59 Å². The van der Waals surface area contributed by atoms with Crippen molar-refractivity contribution in [1.82, 2.24) is 10.6 Å². The van der Waals surface area contributed by atoms with Gasteiger partial charge < -0.3 is 20.1 Å². The highest BCUT2D eigenvalue weighted by Crippen LogP contribution is 2.30. The molecule has 1 saturated carbocycles. The molecule has 0 bridgehead atoms. The molecule has 1 saturated heterocycles. The summed E-state index contributed by atoms with van der Waals surface area (Å²) in [5, 5.41) is 5.64. The molecule has 2 fully saturated rings. The molecule has 0 aromatic carbocycles. The summed E-state index contributed by atoms with van der Waals surface area (Å²) >= 11 is 0. The molecular weight excluding hydrogens is 212 g/mol. The van der Waals surface area contributed by atoms with Crippen LogP contribution in [0, 0.1) is 0 Å². The average molecular weight is 228 g/mol. The summed E-state index contributed by atoms with van der Waals surface area (Å²) < 4.78 is 10.8. The fourth-order valence-corrected chi connectivity index (χ4v) is 2.42. The molecule has 2 rings (SSSR count). The SMILES string of the molecule is CC(=O)NC1CC(NC(C)=O)C2OCOC12. The van der Waals surface area contributed by atoms with Crippen LogP contribution in [0.25, 0.3) is 0 Å². The van der Waals surface area contributed by atoms with E-state index in [1.807, 2.05) is 0 Å². The van der Waals surface area contributed by atoms with Crippen molar-refractivity contribution in [2.45, 2.75) is 44.6 Å². The Labute approximate surface area is 93.7 Å². The first-order valence-corrected chi connectivity index (χ1v) is 5.35. The van der Waals surface area contributed by atoms with E-state index in [4.69, 9.17) is 9.47 Å². The number of carbonyl (C=O) groups is 2. The predicted octanol–water partition coefficient (Wildman–Crippen LogP) is -0.859. The molecular formula is C10H16N2O4. The van der Waals surface area contributed by atoms with Gasteiger partial charge in [-0.1, -0.05) is 0 Å². The second-order valence-corrected chi connectivity index (χ2v) is 4.23. The van der Waals surface area contributed by atoms with Gasteiger partial charge in [0.05, 0.1) is 12.1 Å². The number of rotatable bonds is 2. The fourth-order valence-electron chi connectivity index (χ4n) is 2.42. The van der Waals surface area contributed by atoms with E-state index in [1.165, 1.54) is 13.8 Å². The summed E-state index contributed by atoms with van der Waals surface area (Å²) in [5.74, 6) is -0.189. The van der Waals surface area contributed by atoms with Crippen LogP contribution in [-0.4, -0.2) is 42.9 Å². The Bertz CT molecular complexity index is 279. The lowest BCUT2D eigenvalue weighted by Gasteiger charge is -2.16. The zero-order valence-electron chi connectivity index (χ0n) is 9.36. The van der Waals surface area contributed by atoms with Crippen molar-refractivity contribution in [1.29, 1.82) is 0 Å². The number of ether oxygens (including phenoxy) is 2. The largest absolute Gasteiger partial charge is 0.351 e. The quantitative estimate of drug-likeness (QED) is 0.645. The number of hydrogen-bond acceptors (Lipinski definition) is 4. The second-order valence-electron chi connectivity index (χ2n) is 4.23. The van der Waals surface area contributed by atoms with Crippen LogP contribution in [-0.2, 0) is 19.1 Å². The number of amides is 2. The van der Waals surface area contributed by atoms with Gasteiger partial charge >= 0.3 is 0 Å². The monoisotopic (exact) mass is 228 g/mol. The highest BCUT2D eigenvalue weighted by Gasteiger charge is 2.48. The van der Waals surface area contributed by atoms with Crippen molar-refractivity contribution in [3.8, 4) is 0 Å². The van der Waals surface area contributed by atoms with Gasteiger partial charge in [-0.25, -0.2) is 0 Å². The first-order valence-electron chi connectivity index (χ1n) is 5.35. The summed E-state index contributed by atoms with van der Waals surface area (Å²) in [6, 6.07) is -0.163. The first kappa shape index (κ1) is 11.3. The van der Waals surface area contributed by atoms with Crippen molar-refractivity contribution in [2.24, 2.45) is 0 Å². The van der Waals surface area contributed by atoms with Crippen LogP contribution in [0.15, 0.2) is 0 Å². The molecule has 4 unspecified atom stereocenters. The third-order valence-electron chi connectivity index (χ3n) is 2.92. The average Bonchev–Trinajstić information content (AvgIpc) is 2.70. The van der Waals surface area contributed by atoms with Crippen molar-refractivity contribution in [3.63, 3.8) is 0 Å². The molecule has 0 radical (unpaired) electrons. The Hall–Kier alpha value is -1.14. The minimum absolute atomic E-state index is 0.0816. The van der Waals surface area contributed by atoms with Gasteiger partial charge in [0, 0.05) is 13.8 Å². The zero-order valence-corrected chi connectivity index (χ0v) is 9.36. The molecule has 2 N–H and O–H groups in total. The molecule has 90 valence electrons. The van der Waals surface area contributed by atoms with Crippen LogP contribution in [0.1, 0.15) is 20.3 Å². The molecule has 1 aliphatic carbocycles. The minimum atomic E-state index is -0.152. The highest BCUT2D eigenvalue weighted by molar-refractivity contribution is 5.74. The Kier molecular flexibility index (Phi) is 3.11. The molecule has 4 atom stereocenters. The highest BCUT2D eigenvalue weighted by atomic mass is 16.7. The molecule has 0 spiro atoms. The van der Waals surface area contributed by atoms with Crippen molar-refractivity contribution in [3.05, 3.63) is 0 Å². The van der Waals surface area contributed by atoms with E-state index in [1.54, 1.807) is 0 Å². The Balaban J connectivity index is 2.02. The van der Waals surface area contributed by atoms with Gasteiger partial charge in [0.1, 0.15) is 19.0 Å². The lowest BCUT2D eigenvalue weighted by molar-refractivity contribution is -0.120.